The summed E-state index contributed by atoms with van der Waals surface area (Å²) in [5.41, 5.74) is 0.817. The third-order valence-electron chi connectivity index (χ3n) is 4.84. The highest BCUT2D eigenvalue weighted by atomic mass is 32.1. The highest BCUT2D eigenvalue weighted by Gasteiger charge is 2.23. The van der Waals surface area contributed by atoms with Crippen molar-refractivity contribution in [2.24, 2.45) is 5.92 Å². The molecule has 0 unspecified atom stereocenters. The number of amides is 2. The predicted octanol–water partition coefficient (Wildman–Crippen LogP) is 2.34. The van der Waals surface area contributed by atoms with Crippen molar-refractivity contribution in [1.29, 1.82) is 0 Å². The minimum Gasteiger partial charge on any atom is -0.353 e. The molecule has 1 fully saturated rings. The summed E-state index contributed by atoms with van der Waals surface area (Å²) in [6, 6.07) is 6.22. The normalized spacial score (nSPS) is 15.4. The first-order chi connectivity index (χ1) is 13.9. The molecule has 2 aromatic rings. The molecule has 1 aliphatic heterocycles. The monoisotopic (exact) mass is 419 g/mol. The molecule has 2 heterocycles. The molecule has 3 rings (SSSR count). The Hall–Kier alpha value is -2.39. The van der Waals surface area contributed by atoms with E-state index in [2.05, 4.69) is 25.7 Å². The van der Waals surface area contributed by atoms with E-state index in [1.165, 1.54) is 23.5 Å². The van der Waals surface area contributed by atoms with Crippen LogP contribution < -0.4 is 10.6 Å². The number of likely N-dealkylation sites (tertiary alicyclic amines) is 1. The molecular formula is C20H26FN5O2S. The summed E-state index contributed by atoms with van der Waals surface area (Å²) in [7, 11) is 0. The number of nitrogens with one attached hydrogen (secondary N) is 2. The van der Waals surface area contributed by atoms with E-state index < -0.39 is 0 Å². The standard InChI is InChI=1S/C20H26FN5O2S/c1-13(2)18(27)23-16-7-9-26(10-8-16)12-17-24-25-20(29-17)19(28)22-11-14-3-5-15(21)6-4-14/h3-6,13,16H,7-12H2,1-2H3,(H,22,28)(H,23,27). The van der Waals surface area contributed by atoms with Crippen LogP contribution in [-0.4, -0.2) is 46.0 Å². The molecule has 0 spiro atoms. The molecule has 156 valence electrons. The van der Waals surface area contributed by atoms with Crippen molar-refractivity contribution in [3.8, 4) is 0 Å². The van der Waals surface area contributed by atoms with Gasteiger partial charge in [-0.2, -0.15) is 0 Å². The minimum atomic E-state index is -0.305. The molecule has 0 saturated carbocycles. The van der Waals surface area contributed by atoms with Crippen LogP contribution in [0.3, 0.4) is 0 Å². The van der Waals surface area contributed by atoms with Gasteiger partial charge in [-0.1, -0.05) is 37.3 Å². The van der Waals surface area contributed by atoms with Gasteiger partial charge in [0.2, 0.25) is 10.9 Å². The first-order valence-corrected chi connectivity index (χ1v) is 10.6. The fraction of sp³-hybridized carbons (Fsp3) is 0.500. The van der Waals surface area contributed by atoms with Gasteiger partial charge in [-0.25, -0.2) is 4.39 Å². The van der Waals surface area contributed by atoms with Gasteiger partial charge in [0.05, 0.1) is 6.54 Å². The number of hydrogen-bond acceptors (Lipinski definition) is 6. The molecule has 1 saturated heterocycles. The number of rotatable bonds is 7. The third-order valence-corrected chi connectivity index (χ3v) is 5.75. The van der Waals surface area contributed by atoms with E-state index in [-0.39, 0.29) is 29.6 Å². The molecule has 7 nitrogen and oxygen atoms in total. The van der Waals surface area contributed by atoms with E-state index in [4.69, 9.17) is 0 Å². The molecule has 29 heavy (non-hydrogen) atoms. The van der Waals surface area contributed by atoms with Gasteiger partial charge < -0.3 is 10.6 Å². The second-order valence-electron chi connectivity index (χ2n) is 7.52. The van der Waals surface area contributed by atoms with Crippen LogP contribution in [0.25, 0.3) is 0 Å². The molecule has 0 radical (unpaired) electrons. The Morgan fingerprint density at radius 2 is 1.90 bits per heavy atom. The Morgan fingerprint density at radius 1 is 1.21 bits per heavy atom. The topological polar surface area (TPSA) is 87.2 Å². The maximum atomic E-state index is 12.9. The minimum absolute atomic E-state index is 0.00190. The molecule has 1 aromatic heterocycles. The molecule has 0 aliphatic carbocycles. The van der Waals surface area contributed by atoms with Crippen LogP contribution >= 0.6 is 11.3 Å². The van der Waals surface area contributed by atoms with Crippen molar-refractivity contribution >= 4 is 23.2 Å². The summed E-state index contributed by atoms with van der Waals surface area (Å²) in [4.78, 5) is 26.3. The predicted molar refractivity (Wildman–Crippen MR) is 109 cm³/mol. The zero-order valence-electron chi connectivity index (χ0n) is 16.7. The zero-order chi connectivity index (χ0) is 20.8. The number of carbonyl (C=O) groups excluding carboxylic acids is 2. The lowest BCUT2D eigenvalue weighted by molar-refractivity contribution is -0.125. The van der Waals surface area contributed by atoms with E-state index in [1.807, 2.05) is 13.8 Å². The van der Waals surface area contributed by atoms with Crippen LogP contribution in [0.4, 0.5) is 4.39 Å². The van der Waals surface area contributed by atoms with Crippen LogP contribution in [0.1, 0.15) is 47.1 Å². The SMILES string of the molecule is CC(C)C(=O)NC1CCN(Cc2nnc(C(=O)NCc3ccc(F)cc3)s2)CC1. The lowest BCUT2D eigenvalue weighted by Gasteiger charge is -2.32. The number of aromatic nitrogens is 2. The molecule has 1 aromatic carbocycles. The largest absolute Gasteiger partial charge is 0.353 e. The van der Waals surface area contributed by atoms with Crippen molar-refractivity contribution in [3.05, 3.63) is 45.7 Å². The third kappa shape index (κ3) is 6.30. The van der Waals surface area contributed by atoms with Crippen LogP contribution in [0.2, 0.25) is 0 Å². The summed E-state index contributed by atoms with van der Waals surface area (Å²) in [6.45, 7) is 6.49. The molecule has 9 heteroatoms. The van der Waals surface area contributed by atoms with E-state index >= 15 is 0 Å². The van der Waals surface area contributed by atoms with E-state index in [0.717, 1.165) is 36.5 Å². The van der Waals surface area contributed by atoms with Crippen molar-refractivity contribution in [1.82, 2.24) is 25.7 Å². The summed E-state index contributed by atoms with van der Waals surface area (Å²) in [6.07, 6.45) is 1.81. The Labute approximate surface area is 173 Å². The van der Waals surface area contributed by atoms with E-state index in [1.54, 1.807) is 12.1 Å². The van der Waals surface area contributed by atoms with E-state index in [0.29, 0.717) is 18.1 Å². The summed E-state index contributed by atoms with van der Waals surface area (Å²) < 4.78 is 12.9. The second kappa shape index (κ2) is 9.89. The van der Waals surface area contributed by atoms with Crippen LogP contribution in [0, 0.1) is 11.7 Å². The summed E-state index contributed by atoms with van der Waals surface area (Å²) in [5.74, 6) is -0.487. The van der Waals surface area contributed by atoms with Crippen molar-refractivity contribution < 1.29 is 14.0 Å². The molecule has 1 aliphatic rings. The fourth-order valence-corrected chi connectivity index (χ4v) is 3.86. The molecule has 0 bridgehead atoms. The average molecular weight is 420 g/mol. The smallest absolute Gasteiger partial charge is 0.282 e. The second-order valence-corrected chi connectivity index (χ2v) is 8.59. The number of halogens is 1. The van der Waals surface area contributed by atoms with Crippen molar-refractivity contribution in [3.63, 3.8) is 0 Å². The quantitative estimate of drug-likeness (QED) is 0.719. The van der Waals surface area contributed by atoms with Crippen molar-refractivity contribution in [2.75, 3.05) is 13.1 Å². The highest BCUT2D eigenvalue weighted by Crippen LogP contribution is 2.17. The maximum absolute atomic E-state index is 12.9. The van der Waals surface area contributed by atoms with Crippen LogP contribution in [-0.2, 0) is 17.9 Å². The van der Waals surface area contributed by atoms with Gasteiger partial charge in [0, 0.05) is 31.6 Å². The lowest BCUT2D eigenvalue weighted by Crippen LogP contribution is -2.45. The number of nitrogens with zero attached hydrogens (tertiary/aromatic N) is 3. The van der Waals surface area contributed by atoms with Gasteiger partial charge >= 0.3 is 0 Å². The number of piperidine rings is 1. The first-order valence-electron chi connectivity index (χ1n) is 9.78. The van der Waals surface area contributed by atoms with Crippen LogP contribution in [0.5, 0.6) is 0 Å². The maximum Gasteiger partial charge on any atom is 0.282 e. The molecule has 2 N–H and O–H groups in total. The Morgan fingerprint density at radius 3 is 2.55 bits per heavy atom. The molecule has 2 amide bonds. The van der Waals surface area contributed by atoms with Gasteiger partial charge in [-0.05, 0) is 30.5 Å². The van der Waals surface area contributed by atoms with Crippen LogP contribution in [0.15, 0.2) is 24.3 Å². The number of hydrogen-bond donors (Lipinski definition) is 2. The lowest BCUT2D eigenvalue weighted by atomic mass is 10.0. The highest BCUT2D eigenvalue weighted by molar-refractivity contribution is 7.13. The molecular weight excluding hydrogens is 393 g/mol. The van der Waals surface area contributed by atoms with Crippen molar-refractivity contribution in [2.45, 2.75) is 45.8 Å². The fourth-order valence-electron chi connectivity index (χ4n) is 3.06. The Kier molecular flexibility index (Phi) is 7.27. The first kappa shape index (κ1) is 21.3. The summed E-state index contributed by atoms with van der Waals surface area (Å²) in [5, 5.41) is 15.1. The van der Waals surface area contributed by atoms with Gasteiger partial charge in [0.15, 0.2) is 0 Å². The zero-order valence-corrected chi connectivity index (χ0v) is 17.5. The van der Waals surface area contributed by atoms with Gasteiger partial charge in [0.25, 0.3) is 5.91 Å². The van der Waals surface area contributed by atoms with Gasteiger partial charge in [0.1, 0.15) is 10.8 Å². The summed E-state index contributed by atoms with van der Waals surface area (Å²) >= 11 is 1.28. The number of benzene rings is 1. The average Bonchev–Trinajstić information content (AvgIpc) is 3.17. The number of carbonyl (C=O) groups is 2. The Balaban J connectivity index is 1.43. The molecule has 0 atom stereocenters. The Bertz CT molecular complexity index is 832. The van der Waals surface area contributed by atoms with Gasteiger partial charge in [-0.15, -0.1) is 10.2 Å². The van der Waals surface area contributed by atoms with E-state index in [9.17, 15) is 14.0 Å². The van der Waals surface area contributed by atoms with Gasteiger partial charge in [-0.3, -0.25) is 14.5 Å².